The number of hydrogen-bond acceptors (Lipinski definition) is 3. The molecule has 0 unspecified atom stereocenters. The molecule has 0 saturated heterocycles. The number of aromatic nitrogens is 1. The number of aliphatic hydroxyl groups is 1. The Morgan fingerprint density at radius 1 is 1.24 bits per heavy atom. The van der Waals surface area contributed by atoms with Crippen LogP contribution in [0, 0.1) is 12.7 Å². The first-order chi connectivity index (χ1) is 9.82. The van der Waals surface area contributed by atoms with Crippen molar-refractivity contribution in [2.24, 2.45) is 0 Å². The molecule has 0 aliphatic rings. The summed E-state index contributed by atoms with van der Waals surface area (Å²) in [5, 5.41) is 9.11. The summed E-state index contributed by atoms with van der Waals surface area (Å²) in [6.45, 7) is 7.84. The quantitative estimate of drug-likeness (QED) is 0.924. The smallest absolute Gasteiger partial charge is 0.256 e. The molecule has 0 spiro atoms. The predicted molar refractivity (Wildman–Crippen MR) is 80.1 cm³/mol. The second-order valence-corrected chi connectivity index (χ2v) is 6.10. The van der Waals surface area contributed by atoms with E-state index in [9.17, 15) is 4.39 Å². The monoisotopic (exact) mass is 289 g/mol. The highest BCUT2D eigenvalue weighted by Gasteiger charge is 2.21. The Balaban J connectivity index is 2.45. The fourth-order valence-electron chi connectivity index (χ4n) is 2.08. The van der Waals surface area contributed by atoms with Crippen molar-refractivity contribution < 1.29 is 14.2 Å². The number of benzene rings is 1. The Morgan fingerprint density at radius 2 is 1.95 bits per heavy atom. The van der Waals surface area contributed by atoms with Crippen molar-refractivity contribution in [3.63, 3.8) is 0 Å². The molecule has 2 aromatic rings. The molecular weight excluding hydrogens is 269 g/mol. The molecule has 1 aromatic heterocycles. The summed E-state index contributed by atoms with van der Waals surface area (Å²) >= 11 is 0. The maximum Gasteiger partial charge on any atom is 0.256 e. The minimum absolute atomic E-state index is 0.115. The average molecular weight is 289 g/mol. The molecular formula is C17H20FNO2. The summed E-state index contributed by atoms with van der Waals surface area (Å²) in [6, 6.07) is 7.20. The third-order valence-corrected chi connectivity index (χ3v) is 3.26. The minimum atomic E-state index is -0.625. The summed E-state index contributed by atoms with van der Waals surface area (Å²) < 4.78 is 19.8. The second-order valence-electron chi connectivity index (χ2n) is 6.10. The van der Waals surface area contributed by atoms with E-state index < -0.39 is 5.82 Å². The molecule has 0 saturated carbocycles. The van der Waals surface area contributed by atoms with E-state index in [0.29, 0.717) is 5.75 Å². The highest BCUT2D eigenvalue weighted by atomic mass is 19.1. The molecule has 1 N–H and O–H groups in total. The van der Waals surface area contributed by atoms with Crippen LogP contribution in [-0.4, -0.2) is 10.1 Å². The first kappa shape index (κ1) is 15.4. The van der Waals surface area contributed by atoms with Crippen LogP contribution in [0.15, 0.2) is 30.5 Å². The molecule has 0 bridgehead atoms. The van der Waals surface area contributed by atoms with Crippen molar-refractivity contribution >= 4 is 0 Å². The van der Waals surface area contributed by atoms with Gasteiger partial charge in [0.15, 0.2) is 5.82 Å². The van der Waals surface area contributed by atoms with Crippen molar-refractivity contribution in [1.82, 2.24) is 4.98 Å². The van der Waals surface area contributed by atoms with Gasteiger partial charge in [0.2, 0.25) is 0 Å². The standard InChI is InChI=1S/C17H20FNO2/c1-11-5-6-14(13(9-11)17(2,3)4)21-16-15(18)12(10-20)7-8-19-16/h5-9,20H,10H2,1-4H3. The Kier molecular flexibility index (Phi) is 4.28. The van der Waals surface area contributed by atoms with E-state index in [0.717, 1.165) is 11.1 Å². The lowest BCUT2D eigenvalue weighted by atomic mass is 9.85. The van der Waals surface area contributed by atoms with Gasteiger partial charge in [0, 0.05) is 17.3 Å². The lowest BCUT2D eigenvalue weighted by Crippen LogP contribution is -2.13. The van der Waals surface area contributed by atoms with E-state index in [1.54, 1.807) is 0 Å². The van der Waals surface area contributed by atoms with Gasteiger partial charge in [0.1, 0.15) is 5.75 Å². The van der Waals surface area contributed by atoms with Gasteiger partial charge in [0.25, 0.3) is 5.88 Å². The molecule has 1 aromatic carbocycles. The maximum atomic E-state index is 14.1. The van der Waals surface area contributed by atoms with Crippen LogP contribution in [-0.2, 0) is 12.0 Å². The van der Waals surface area contributed by atoms with Crippen LogP contribution in [0.3, 0.4) is 0 Å². The number of nitrogens with zero attached hydrogens (tertiary/aromatic N) is 1. The van der Waals surface area contributed by atoms with Gasteiger partial charge in [-0.3, -0.25) is 0 Å². The van der Waals surface area contributed by atoms with E-state index in [-0.39, 0.29) is 23.5 Å². The van der Waals surface area contributed by atoms with Crippen LogP contribution in [0.1, 0.15) is 37.5 Å². The van der Waals surface area contributed by atoms with Gasteiger partial charge < -0.3 is 9.84 Å². The summed E-state index contributed by atoms with van der Waals surface area (Å²) in [6.07, 6.45) is 1.43. The SMILES string of the molecule is Cc1ccc(Oc2nccc(CO)c2F)c(C(C)(C)C)c1. The molecule has 3 nitrogen and oxygen atoms in total. The number of hydrogen-bond donors (Lipinski definition) is 1. The molecule has 0 fully saturated rings. The van der Waals surface area contributed by atoms with E-state index >= 15 is 0 Å². The van der Waals surface area contributed by atoms with Crippen molar-refractivity contribution in [2.75, 3.05) is 0 Å². The van der Waals surface area contributed by atoms with E-state index in [4.69, 9.17) is 9.84 Å². The largest absolute Gasteiger partial charge is 0.436 e. The number of rotatable bonds is 3. The molecule has 2 rings (SSSR count). The number of pyridine rings is 1. The van der Waals surface area contributed by atoms with E-state index in [1.165, 1.54) is 12.3 Å². The molecule has 4 heteroatoms. The second kappa shape index (κ2) is 5.82. The summed E-state index contributed by atoms with van der Waals surface area (Å²) in [7, 11) is 0. The van der Waals surface area contributed by atoms with Crippen molar-refractivity contribution in [2.45, 2.75) is 39.7 Å². The Bertz CT molecular complexity index is 648. The zero-order chi connectivity index (χ0) is 15.6. The van der Waals surface area contributed by atoms with Crippen LogP contribution in [0.25, 0.3) is 0 Å². The molecule has 21 heavy (non-hydrogen) atoms. The van der Waals surface area contributed by atoms with Gasteiger partial charge in [-0.2, -0.15) is 0 Å². The van der Waals surface area contributed by atoms with Gasteiger partial charge in [-0.1, -0.05) is 38.5 Å². The topological polar surface area (TPSA) is 42.4 Å². The number of halogens is 1. The van der Waals surface area contributed by atoms with Gasteiger partial charge >= 0.3 is 0 Å². The Hall–Kier alpha value is -1.94. The molecule has 112 valence electrons. The lowest BCUT2D eigenvalue weighted by molar-refractivity contribution is 0.272. The fraction of sp³-hybridized carbons (Fsp3) is 0.353. The Morgan fingerprint density at radius 3 is 2.57 bits per heavy atom. The summed E-state index contributed by atoms with van der Waals surface area (Å²) in [4.78, 5) is 3.92. The number of aryl methyl sites for hydroxylation is 1. The van der Waals surface area contributed by atoms with Crippen LogP contribution in [0.5, 0.6) is 11.6 Å². The Labute approximate surface area is 124 Å². The molecule has 0 atom stereocenters. The van der Waals surface area contributed by atoms with Crippen molar-refractivity contribution in [3.8, 4) is 11.6 Å². The van der Waals surface area contributed by atoms with Gasteiger partial charge in [-0.05, 0) is 24.5 Å². The van der Waals surface area contributed by atoms with Crippen LogP contribution >= 0.6 is 0 Å². The van der Waals surface area contributed by atoms with Crippen LogP contribution < -0.4 is 4.74 Å². The zero-order valence-corrected chi connectivity index (χ0v) is 12.8. The molecule has 0 radical (unpaired) electrons. The zero-order valence-electron chi connectivity index (χ0n) is 12.8. The third kappa shape index (κ3) is 3.39. The average Bonchev–Trinajstić information content (AvgIpc) is 2.42. The highest BCUT2D eigenvalue weighted by molar-refractivity contribution is 5.43. The third-order valence-electron chi connectivity index (χ3n) is 3.26. The fourth-order valence-corrected chi connectivity index (χ4v) is 2.08. The van der Waals surface area contributed by atoms with Crippen molar-refractivity contribution in [3.05, 3.63) is 53.0 Å². The minimum Gasteiger partial charge on any atom is -0.436 e. The van der Waals surface area contributed by atoms with E-state index in [1.807, 2.05) is 25.1 Å². The van der Waals surface area contributed by atoms with Crippen LogP contribution in [0.4, 0.5) is 4.39 Å². The van der Waals surface area contributed by atoms with Gasteiger partial charge in [0.05, 0.1) is 6.61 Å². The first-order valence-corrected chi connectivity index (χ1v) is 6.86. The molecule has 1 heterocycles. The normalized spacial score (nSPS) is 11.5. The van der Waals surface area contributed by atoms with Gasteiger partial charge in [-0.15, -0.1) is 0 Å². The van der Waals surface area contributed by atoms with Crippen LogP contribution in [0.2, 0.25) is 0 Å². The number of ether oxygens (including phenoxy) is 1. The predicted octanol–water partition coefficient (Wildman–Crippen LogP) is 4.11. The highest BCUT2D eigenvalue weighted by Crippen LogP contribution is 2.35. The summed E-state index contributed by atoms with van der Waals surface area (Å²) in [5.41, 5.74) is 2.14. The molecule has 0 aliphatic carbocycles. The summed E-state index contributed by atoms with van der Waals surface area (Å²) in [5.74, 6) is -0.161. The number of aliphatic hydroxyl groups excluding tert-OH is 1. The van der Waals surface area contributed by atoms with Gasteiger partial charge in [-0.25, -0.2) is 9.37 Å². The molecule has 0 amide bonds. The lowest BCUT2D eigenvalue weighted by Gasteiger charge is -2.23. The first-order valence-electron chi connectivity index (χ1n) is 6.86. The van der Waals surface area contributed by atoms with Crippen molar-refractivity contribution in [1.29, 1.82) is 0 Å². The van der Waals surface area contributed by atoms with E-state index in [2.05, 4.69) is 25.8 Å². The maximum absolute atomic E-state index is 14.1. The molecule has 0 aliphatic heterocycles.